The first-order valence-electron chi connectivity index (χ1n) is 8.04. The second-order valence-corrected chi connectivity index (χ2v) is 8.33. The molecular formula is C16H12F3N7O2S. The molecule has 13 heteroatoms. The van der Waals surface area contributed by atoms with Crippen molar-refractivity contribution in [1.29, 1.82) is 0 Å². The third kappa shape index (κ3) is 3.94. The second kappa shape index (κ2) is 6.92. The molecule has 0 aliphatic rings. The summed E-state index contributed by atoms with van der Waals surface area (Å²) in [4.78, 5) is 15.8. The van der Waals surface area contributed by atoms with Crippen LogP contribution in [0, 0.1) is 0 Å². The number of hydrogen-bond acceptors (Lipinski definition) is 8. The van der Waals surface area contributed by atoms with Crippen LogP contribution in [0.3, 0.4) is 0 Å². The highest BCUT2D eigenvalue weighted by Crippen LogP contribution is 2.29. The van der Waals surface area contributed by atoms with Gasteiger partial charge in [-0.15, -0.1) is 0 Å². The molecule has 0 aromatic carbocycles. The van der Waals surface area contributed by atoms with Gasteiger partial charge in [-0.1, -0.05) is 5.16 Å². The van der Waals surface area contributed by atoms with Gasteiger partial charge in [-0.3, -0.25) is 0 Å². The third-order valence-electron chi connectivity index (χ3n) is 3.88. The minimum atomic E-state index is -4.71. The summed E-state index contributed by atoms with van der Waals surface area (Å²) in [7, 11) is -2.70. The number of fused-ring (bicyclic) bond motifs is 1. The number of rotatable bonds is 4. The van der Waals surface area contributed by atoms with Crippen LogP contribution in [0.1, 0.15) is 11.6 Å². The monoisotopic (exact) mass is 423 g/mol. The van der Waals surface area contributed by atoms with Crippen LogP contribution in [0.2, 0.25) is 0 Å². The quantitative estimate of drug-likeness (QED) is 0.496. The first-order valence-corrected chi connectivity index (χ1v) is 9.96. The molecule has 0 fully saturated rings. The summed E-state index contributed by atoms with van der Waals surface area (Å²) in [6, 6.07) is 3.05. The summed E-state index contributed by atoms with van der Waals surface area (Å²) in [5, 5.41) is 3.36. The van der Waals surface area contributed by atoms with E-state index < -0.39 is 21.8 Å². The summed E-state index contributed by atoms with van der Waals surface area (Å²) in [5.41, 5.74) is 1.28. The largest absolute Gasteiger partial charge is 0.471 e. The van der Waals surface area contributed by atoms with E-state index in [0.29, 0.717) is 21.8 Å². The molecule has 0 bridgehead atoms. The van der Waals surface area contributed by atoms with Crippen LogP contribution in [0.15, 0.2) is 57.0 Å². The first kappa shape index (κ1) is 19.0. The fraction of sp³-hybridized carbons (Fsp3) is 0.188. The molecule has 29 heavy (non-hydrogen) atoms. The molecular weight excluding hydrogens is 411 g/mol. The molecule has 0 saturated heterocycles. The summed E-state index contributed by atoms with van der Waals surface area (Å²) in [6.45, 7) is 0.0711. The molecule has 0 aliphatic carbocycles. The van der Waals surface area contributed by atoms with E-state index in [1.54, 1.807) is 16.8 Å². The van der Waals surface area contributed by atoms with E-state index in [9.17, 15) is 17.4 Å². The lowest BCUT2D eigenvalue weighted by Gasteiger charge is -2.01. The van der Waals surface area contributed by atoms with Crippen molar-refractivity contribution in [1.82, 2.24) is 29.5 Å². The van der Waals surface area contributed by atoms with Gasteiger partial charge in [-0.25, -0.2) is 23.5 Å². The number of pyridine rings is 1. The normalized spacial score (nSPS) is 14.1. The standard InChI is InChI=1S/C16H12F3N7O2S/c1-29(27,12-6-20-9-21-7-12)22-5-11-8-26-3-2-10(4-13(26)23-11)14-24-15(28-25-14)16(17,18)19/h2-4,6-9H,5H2,1H3. The maximum absolute atomic E-state index is 12.7. The molecule has 4 aromatic rings. The highest BCUT2D eigenvalue weighted by molar-refractivity contribution is 7.93. The highest BCUT2D eigenvalue weighted by atomic mass is 32.2. The Morgan fingerprint density at radius 2 is 2.00 bits per heavy atom. The zero-order chi connectivity index (χ0) is 20.6. The third-order valence-corrected chi connectivity index (χ3v) is 5.59. The van der Waals surface area contributed by atoms with E-state index in [1.807, 2.05) is 0 Å². The lowest BCUT2D eigenvalue weighted by molar-refractivity contribution is -0.159. The smallest absolute Gasteiger partial charge is 0.329 e. The first-order chi connectivity index (χ1) is 13.7. The average Bonchev–Trinajstić information content (AvgIpc) is 3.33. The second-order valence-electron chi connectivity index (χ2n) is 6.00. The van der Waals surface area contributed by atoms with Gasteiger partial charge in [0, 0.05) is 36.6 Å². The summed E-state index contributed by atoms with van der Waals surface area (Å²) in [6.07, 6.45) is 4.25. The van der Waals surface area contributed by atoms with Gasteiger partial charge < -0.3 is 8.92 Å². The zero-order valence-corrected chi connectivity index (χ0v) is 15.6. The van der Waals surface area contributed by atoms with E-state index in [1.165, 1.54) is 37.1 Å². The van der Waals surface area contributed by atoms with Gasteiger partial charge in [0.15, 0.2) is 0 Å². The van der Waals surface area contributed by atoms with Crippen molar-refractivity contribution in [3.05, 3.63) is 54.8 Å². The van der Waals surface area contributed by atoms with E-state index in [4.69, 9.17) is 0 Å². The fourth-order valence-electron chi connectivity index (χ4n) is 2.45. The van der Waals surface area contributed by atoms with Crippen LogP contribution >= 0.6 is 0 Å². The Labute approximate surface area is 161 Å². The molecule has 0 spiro atoms. The number of nitrogens with zero attached hydrogens (tertiary/aromatic N) is 7. The van der Waals surface area contributed by atoms with Crippen molar-refractivity contribution < 1.29 is 21.9 Å². The van der Waals surface area contributed by atoms with Gasteiger partial charge in [0.2, 0.25) is 5.82 Å². The number of halogens is 3. The maximum Gasteiger partial charge on any atom is 0.471 e. The molecule has 0 aliphatic heterocycles. The van der Waals surface area contributed by atoms with Crippen molar-refractivity contribution in [3.8, 4) is 11.4 Å². The van der Waals surface area contributed by atoms with E-state index >= 15 is 0 Å². The Bertz CT molecular complexity index is 1290. The molecule has 150 valence electrons. The average molecular weight is 423 g/mol. The van der Waals surface area contributed by atoms with Crippen LogP contribution in [-0.2, 0) is 22.5 Å². The van der Waals surface area contributed by atoms with Gasteiger partial charge >= 0.3 is 12.1 Å². The molecule has 0 saturated carbocycles. The van der Waals surface area contributed by atoms with Gasteiger partial charge in [-0.2, -0.15) is 18.2 Å². The Morgan fingerprint density at radius 3 is 2.69 bits per heavy atom. The van der Waals surface area contributed by atoms with Crippen molar-refractivity contribution in [2.45, 2.75) is 17.6 Å². The van der Waals surface area contributed by atoms with Gasteiger partial charge in [-0.05, 0) is 12.1 Å². The van der Waals surface area contributed by atoms with E-state index in [-0.39, 0.29) is 12.4 Å². The van der Waals surface area contributed by atoms with Crippen LogP contribution in [0.25, 0.3) is 17.0 Å². The van der Waals surface area contributed by atoms with Crippen LogP contribution in [0.5, 0.6) is 0 Å². The molecule has 0 amide bonds. The Balaban J connectivity index is 1.61. The van der Waals surface area contributed by atoms with Crippen molar-refractivity contribution >= 4 is 15.4 Å². The minimum absolute atomic E-state index is 0.0711. The zero-order valence-electron chi connectivity index (χ0n) is 14.7. The maximum atomic E-state index is 12.7. The predicted molar refractivity (Wildman–Crippen MR) is 94.0 cm³/mol. The van der Waals surface area contributed by atoms with E-state index in [2.05, 4.69) is 34.0 Å². The fourth-order valence-corrected chi connectivity index (χ4v) is 3.49. The highest BCUT2D eigenvalue weighted by Gasteiger charge is 2.38. The minimum Gasteiger partial charge on any atom is -0.329 e. The SMILES string of the molecule is CS(=O)(=NCc1cn2ccc(-c3noc(C(F)(F)F)n3)cc2n1)c1cncnc1. The molecule has 1 atom stereocenters. The molecule has 9 nitrogen and oxygen atoms in total. The summed E-state index contributed by atoms with van der Waals surface area (Å²) < 4.78 is 60.7. The molecule has 0 N–H and O–H groups in total. The Hall–Kier alpha value is -3.35. The van der Waals surface area contributed by atoms with Crippen LogP contribution in [0.4, 0.5) is 13.2 Å². The van der Waals surface area contributed by atoms with E-state index in [0.717, 1.165) is 0 Å². The van der Waals surface area contributed by atoms with Gasteiger partial charge in [0.25, 0.3) is 0 Å². The number of aromatic nitrogens is 6. The molecule has 4 aromatic heterocycles. The van der Waals surface area contributed by atoms with Crippen LogP contribution in [-0.4, -0.2) is 40.0 Å². The lowest BCUT2D eigenvalue weighted by atomic mass is 10.2. The van der Waals surface area contributed by atoms with Gasteiger partial charge in [0.05, 0.1) is 26.9 Å². The van der Waals surface area contributed by atoms with Gasteiger partial charge in [0.1, 0.15) is 12.0 Å². The Kier molecular flexibility index (Phi) is 4.53. The Morgan fingerprint density at radius 1 is 1.24 bits per heavy atom. The number of hydrogen-bond donors (Lipinski definition) is 0. The predicted octanol–water partition coefficient (Wildman–Crippen LogP) is 2.85. The summed E-state index contributed by atoms with van der Waals surface area (Å²) in [5.74, 6) is -1.62. The number of imidazole rings is 1. The van der Waals surface area contributed by atoms with Crippen molar-refractivity contribution in [2.75, 3.05) is 6.26 Å². The molecule has 0 radical (unpaired) electrons. The van der Waals surface area contributed by atoms with Crippen molar-refractivity contribution in [3.63, 3.8) is 0 Å². The lowest BCUT2D eigenvalue weighted by Crippen LogP contribution is -2.04. The van der Waals surface area contributed by atoms with Crippen LogP contribution < -0.4 is 0 Å². The van der Waals surface area contributed by atoms with Crippen molar-refractivity contribution in [2.24, 2.45) is 4.36 Å². The molecule has 4 rings (SSSR count). The molecule has 4 heterocycles. The molecule has 1 unspecified atom stereocenters. The number of alkyl halides is 3. The topological polar surface area (TPSA) is 111 Å². The summed E-state index contributed by atoms with van der Waals surface area (Å²) >= 11 is 0.